The van der Waals surface area contributed by atoms with Crippen LogP contribution in [0.15, 0.2) is 12.3 Å². The van der Waals surface area contributed by atoms with Gasteiger partial charge in [-0.3, -0.25) is 4.98 Å². The number of methoxy groups -OCH3 is 1. The number of aryl methyl sites for hydroxylation is 1. The number of pyridine rings is 1. The van der Waals surface area contributed by atoms with Gasteiger partial charge in [0.25, 0.3) is 0 Å². The van der Waals surface area contributed by atoms with Crippen molar-refractivity contribution in [3.05, 3.63) is 18.0 Å². The Kier molecular flexibility index (Phi) is 3.65. The molecular formula is C13H20N2O. The lowest BCUT2D eigenvalue weighted by molar-refractivity contribution is 0.411. The van der Waals surface area contributed by atoms with Crippen molar-refractivity contribution >= 4 is 5.69 Å². The van der Waals surface area contributed by atoms with E-state index < -0.39 is 0 Å². The van der Waals surface area contributed by atoms with Crippen LogP contribution in [0.5, 0.6) is 5.75 Å². The fourth-order valence-corrected chi connectivity index (χ4v) is 2.29. The number of anilines is 1. The van der Waals surface area contributed by atoms with E-state index in [1.54, 1.807) is 13.3 Å². The average Bonchev–Trinajstić information content (AvgIpc) is 2.31. The van der Waals surface area contributed by atoms with Crippen molar-refractivity contribution in [1.82, 2.24) is 4.98 Å². The van der Waals surface area contributed by atoms with Crippen molar-refractivity contribution in [2.75, 3.05) is 12.4 Å². The van der Waals surface area contributed by atoms with E-state index in [4.69, 9.17) is 4.74 Å². The summed E-state index contributed by atoms with van der Waals surface area (Å²) in [4.78, 5) is 4.24. The summed E-state index contributed by atoms with van der Waals surface area (Å²) >= 11 is 0. The van der Waals surface area contributed by atoms with Crippen LogP contribution in [-0.2, 0) is 0 Å². The van der Waals surface area contributed by atoms with Crippen LogP contribution in [0.1, 0.15) is 37.8 Å². The molecule has 88 valence electrons. The van der Waals surface area contributed by atoms with Crippen molar-refractivity contribution in [1.29, 1.82) is 0 Å². The second kappa shape index (κ2) is 5.19. The van der Waals surface area contributed by atoms with Gasteiger partial charge in [-0.25, -0.2) is 0 Å². The number of ether oxygens (including phenoxy) is 1. The topological polar surface area (TPSA) is 34.1 Å². The number of rotatable bonds is 3. The second-order valence-electron chi connectivity index (χ2n) is 4.51. The highest BCUT2D eigenvalue weighted by Gasteiger charge is 2.14. The standard InChI is InChI=1S/C13H20N2O/c1-10-8-12(13(16-2)9-14-10)15-11-6-4-3-5-7-11/h8-9,11H,3-7H2,1-2H3,(H,14,15). The highest BCUT2D eigenvalue weighted by molar-refractivity contribution is 5.56. The summed E-state index contributed by atoms with van der Waals surface area (Å²) in [5.74, 6) is 0.844. The van der Waals surface area contributed by atoms with Crippen molar-refractivity contribution in [3.63, 3.8) is 0 Å². The molecule has 1 aromatic heterocycles. The summed E-state index contributed by atoms with van der Waals surface area (Å²) in [7, 11) is 1.69. The van der Waals surface area contributed by atoms with Crippen LogP contribution in [-0.4, -0.2) is 18.1 Å². The molecule has 0 saturated heterocycles. The predicted octanol–water partition coefficient (Wildman–Crippen LogP) is 3.14. The number of hydrogen-bond donors (Lipinski definition) is 1. The maximum Gasteiger partial charge on any atom is 0.160 e. The summed E-state index contributed by atoms with van der Waals surface area (Å²) in [5, 5.41) is 3.58. The molecule has 0 radical (unpaired) electrons. The molecule has 1 aliphatic carbocycles. The Hall–Kier alpha value is -1.25. The minimum atomic E-state index is 0.601. The van der Waals surface area contributed by atoms with Crippen LogP contribution in [0.4, 0.5) is 5.69 Å². The molecule has 1 fully saturated rings. The van der Waals surface area contributed by atoms with E-state index in [2.05, 4.69) is 16.4 Å². The van der Waals surface area contributed by atoms with E-state index in [-0.39, 0.29) is 0 Å². The van der Waals surface area contributed by atoms with Gasteiger partial charge in [0.15, 0.2) is 5.75 Å². The van der Waals surface area contributed by atoms with E-state index >= 15 is 0 Å². The zero-order valence-corrected chi connectivity index (χ0v) is 10.1. The quantitative estimate of drug-likeness (QED) is 0.849. The van der Waals surface area contributed by atoms with Gasteiger partial charge in [0, 0.05) is 11.7 Å². The minimum absolute atomic E-state index is 0.601. The van der Waals surface area contributed by atoms with Gasteiger partial charge < -0.3 is 10.1 Å². The molecule has 0 aromatic carbocycles. The lowest BCUT2D eigenvalue weighted by Crippen LogP contribution is -2.22. The van der Waals surface area contributed by atoms with Crippen LogP contribution in [0.3, 0.4) is 0 Å². The molecule has 2 rings (SSSR count). The first-order valence-corrected chi connectivity index (χ1v) is 6.07. The Labute approximate surface area is 97.2 Å². The lowest BCUT2D eigenvalue weighted by atomic mass is 9.95. The largest absolute Gasteiger partial charge is 0.493 e. The van der Waals surface area contributed by atoms with Gasteiger partial charge in [0.05, 0.1) is 19.0 Å². The zero-order chi connectivity index (χ0) is 11.4. The molecule has 0 spiro atoms. The second-order valence-corrected chi connectivity index (χ2v) is 4.51. The van der Waals surface area contributed by atoms with E-state index in [0.717, 1.165) is 17.1 Å². The molecule has 0 bridgehead atoms. The molecule has 16 heavy (non-hydrogen) atoms. The fourth-order valence-electron chi connectivity index (χ4n) is 2.29. The fraction of sp³-hybridized carbons (Fsp3) is 0.615. The average molecular weight is 220 g/mol. The van der Waals surface area contributed by atoms with Crippen LogP contribution in [0, 0.1) is 6.92 Å². The minimum Gasteiger partial charge on any atom is -0.493 e. The van der Waals surface area contributed by atoms with E-state index in [1.165, 1.54) is 32.1 Å². The highest BCUT2D eigenvalue weighted by Crippen LogP contribution is 2.28. The summed E-state index contributed by atoms with van der Waals surface area (Å²) in [5.41, 5.74) is 2.11. The molecule has 1 saturated carbocycles. The summed E-state index contributed by atoms with van der Waals surface area (Å²) < 4.78 is 5.32. The molecule has 0 unspecified atom stereocenters. The van der Waals surface area contributed by atoms with Crippen molar-refractivity contribution in [3.8, 4) is 5.75 Å². The van der Waals surface area contributed by atoms with Crippen LogP contribution >= 0.6 is 0 Å². The number of hydrogen-bond acceptors (Lipinski definition) is 3. The van der Waals surface area contributed by atoms with E-state index in [1.807, 2.05) is 6.92 Å². The van der Waals surface area contributed by atoms with Gasteiger partial charge >= 0.3 is 0 Å². The first-order valence-electron chi connectivity index (χ1n) is 6.07. The Morgan fingerprint density at radius 2 is 2.06 bits per heavy atom. The molecule has 3 nitrogen and oxygen atoms in total. The SMILES string of the molecule is COc1cnc(C)cc1NC1CCCCC1. The normalized spacial score (nSPS) is 17.1. The molecule has 1 aliphatic rings. The van der Waals surface area contributed by atoms with Gasteiger partial charge in [0.1, 0.15) is 0 Å². The molecule has 3 heteroatoms. The van der Waals surface area contributed by atoms with Gasteiger partial charge in [0.2, 0.25) is 0 Å². The first-order chi connectivity index (χ1) is 7.79. The predicted molar refractivity (Wildman–Crippen MR) is 66.0 cm³/mol. The van der Waals surface area contributed by atoms with Crippen LogP contribution < -0.4 is 10.1 Å². The van der Waals surface area contributed by atoms with E-state index in [9.17, 15) is 0 Å². The molecule has 0 amide bonds. The third kappa shape index (κ3) is 2.65. The van der Waals surface area contributed by atoms with Crippen molar-refractivity contribution in [2.24, 2.45) is 0 Å². The molecular weight excluding hydrogens is 200 g/mol. The smallest absolute Gasteiger partial charge is 0.160 e. The summed E-state index contributed by atoms with van der Waals surface area (Å²) in [6.07, 6.45) is 8.38. The lowest BCUT2D eigenvalue weighted by Gasteiger charge is -2.24. The monoisotopic (exact) mass is 220 g/mol. The van der Waals surface area contributed by atoms with Crippen LogP contribution in [0.25, 0.3) is 0 Å². The number of aromatic nitrogens is 1. The summed E-state index contributed by atoms with van der Waals surface area (Å²) in [6, 6.07) is 2.66. The Bertz CT molecular complexity index is 346. The molecule has 1 aromatic rings. The number of nitrogens with zero attached hydrogens (tertiary/aromatic N) is 1. The Morgan fingerprint density at radius 1 is 1.31 bits per heavy atom. The third-order valence-electron chi connectivity index (χ3n) is 3.19. The zero-order valence-electron chi connectivity index (χ0n) is 10.1. The van der Waals surface area contributed by atoms with Gasteiger partial charge in [-0.05, 0) is 25.8 Å². The maximum absolute atomic E-state index is 5.32. The van der Waals surface area contributed by atoms with E-state index in [0.29, 0.717) is 6.04 Å². The van der Waals surface area contributed by atoms with Crippen molar-refractivity contribution in [2.45, 2.75) is 45.1 Å². The maximum atomic E-state index is 5.32. The Morgan fingerprint density at radius 3 is 2.75 bits per heavy atom. The van der Waals surface area contributed by atoms with Gasteiger partial charge in [-0.2, -0.15) is 0 Å². The first kappa shape index (κ1) is 11.2. The van der Waals surface area contributed by atoms with Gasteiger partial charge in [-0.1, -0.05) is 19.3 Å². The molecule has 0 aliphatic heterocycles. The molecule has 1 heterocycles. The number of nitrogens with one attached hydrogen (secondary N) is 1. The third-order valence-corrected chi connectivity index (χ3v) is 3.19. The Balaban J connectivity index is 2.09. The summed E-state index contributed by atoms with van der Waals surface area (Å²) in [6.45, 7) is 2.01. The van der Waals surface area contributed by atoms with Gasteiger partial charge in [-0.15, -0.1) is 0 Å². The van der Waals surface area contributed by atoms with Crippen LogP contribution in [0.2, 0.25) is 0 Å². The van der Waals surface area contributed by atoms with Crippen molar-refractivity contribution < 1.29 is 4.74 Å². The molecule has 0 atom stereocenters. The molecule has 1 N–H and O–H groups in total. The highest BCUT2D eigenvalue weighted by atomic mass is 16.5.